The summed E-state index contributed by atoms with van der Waals surface area (Å²) in [5.41, 5.74) is 9.45. The van der Waals surface area contributed by atoms with Crippen LogP contribution in [0.5, 0.6) is 5.06 Å². The molecule has 0 unspecified atom stereocenters. The quantitative estimate of drug-likeness (QED) is 0.117. The molecular weight excluding hydrogens is 765 g/mol. The first kappa shape index (κ1) is 32.8. The van der Waals surface area contributed by atoms with E-state index in [4.69, 9.17) is 33.7 Å². The zero-order valence-electron chi connectivity index (χ0n) is 22.2. The number of methoxy groups -OCH3 is 1. The molecule has 6 aromatic heterocycles. The van der Waals surface area contributed by atoms with Crippen molar-refractivity contribution in [2.45, 2.75) is 12.8 Å². The lowest BCUT2D eigenvalue weighted by atomic mass is 10.1. The lowest BCUT2D eigenvalue weighted by Crippen LogP contribution is -2.05. The highest BCUT2D eigenvalue weighted by atomic mass is 79.9. The number of aromatic nitrogens is 6. The van der Waals surface area contributed by atoms with Gasteiger partial charge in [0.25, 0.3) is 11.1 Å². The van der Waals surface area contributed by atoms with Crippen molar-refractivity contribution in [1.29, 1.82) is 0 Å². The van der Waals surface area contributed by atoms with Crippen molar-refractivity contribution < 1.29 is 4.74 Å². The monoisotopic (exact) mass is 785 g/mol. The van der Waals surface area contributed by atoms with Crippen molar-refractivity contribution in [2.75, 3.05) is 12.8 Å². The Hall–Kier alpha value is -3.14. The first-order valence-corrected chi connectivity index (χ1v) is 16.2. The number of nitrogens with two attached hydrogens (primary N) is 1. The van der Waals surface area contributed by atoms with Crippen molar-refractivity contribution in [2.24, 2.45) is 0 Å². The molecule has 0 saturated carbocycles. The maximum Gasteiger partial charge on any atom is 0.262 e. The van der Waals surface area contributed by atoms with Gasteiger partial charge < -0.3 is 20.4 Å². The predicted octanol–water partition coefficient (Wildman–Crippen LogP) is 7.55. The Balaban J connectivity index is 0.000000165. The van der Waals surface area contributed by atoms with Gasteiger partial charge in [0.05, 0.1) is 36.1 Å². The minimum absolute atomic E-state index is 0.149. The number of halogens is 4. The molecule has 0 bridgehead atoms. The molecule has 6 heterocycles. The second-order valence-corrected chi connectivity index (χ2v) is 13.8. The number of anilines is 1. The highest BCUT2D eigenvalue weighted by Gasteiger charge is 2.07. The van der Waals surface area contributed by atoms with Gasteiger partial charge in [-0.2, -0.15) is 10.2 Å². The summed E-state index contributed by atoms with van der Waals surface area (Å²) in [6.07, 6.45) is 5.05. The highest BCUT2D eigenvalue weighted by Crippen LogP contribution is 2.27. The van der Waals surface area contributed by atoms with Crippen molar-refractivity contribution in [3.63, 3.8) is 0 Å². The standard InChI is InChI=1S/C14H11BrClN3OS.C8H7BrN4O.C5H5ClOS/c15-11-5-8(7-17-14(11)20)12-6-9(18-19-12)1-2-10-3-4-13(16)21-10;9-5-1-4(3-11-8(5)14)6-2-7(10)13-12-6;1-7-5-3-2-4(6)8-5/h3-7H,1-2H2,(H,17,20)(H,18,19);1-3H,(H,11,14)(H3,10,12,13);2-3H,1H3. The van der Waals surface area contributed by atoms with Gasteiger partial charge in [-0.05, 0) is 87.2 Å². The second-order valence-electron chi connectivity index (χ2n) is 8.58. The molecule has 6 N–H and O–H groups in total. The minimum atomic E-state index is -0.166. The molecule has 43 heavy (non-hydrogen) atoms. The fourth-order valence-electron chi connectivity index (χ4n) is 3.49. The van der Waals surface area contributed by atoms with E-state index in [2.05, 4.69) is 62.2 Å². The summed E-state index contributed by atoms with van der Waals surface area (Å²) in [5, 5.41) is 14.7. The van der Waals surface area contributed by atoms with E-state index in [1.165, 1.54) is 16.2 Å². The molecule has 0 spiro atoms. The minimum Gasteiger partial charge on any atom is -0.487 e. The molecule has 0 amide bonds. The smallest absolute Gasteiger partial charge is 0.262 e. The van der Waals surface area contributed by atoms with E-state index in [0.29, 0.717) is 14.8 Å². The number of H-pyrrole nitrogens is 4. The van der Waals surface area contributed by atoms with Crippen molar-refractivity contribution in [3.05, 3.63) is 110 Å². The molecule has 0 aromatic carbocycles. The van der Waals surface area contributed by atoms with Crippen LogP contribution in [0.15, 0.2) is 79.5 Å². The number of nitrogens with one attached hydrogen (secondary N) is 4. The van der Waals surface area contributed by atoms with Gasteiger partial charge in [0.1, 0.15) is 5.82 Å². The van der Waals surface area contributed by atoms with Crippen LogP contribution < -0.4 is 21.6 Å². The highest BCUT2D eigenvalue weighted by molar-refractivity contribution is 9.10. The summed E-state index contributed by atoms with van der Waals surface area (Å²) in [6.45, 7) is 0. The van der Waals surface area contributed by atoms with E-state index in [1.54, 1.807) is 49.0 Å². The number of rotatable bonds is 6. The maximum absolute atomic E-state index is 11.3. The SMILES string of the molecule is COc1ccc(Cl)s1.Nc1cc(-c2c[nH]c(=O)c(Br)c2)[nH]n1.O=c1[nH]cc(-c2cc(CCc3ccc(Cl)s3)[nH]n2)cc1Br. The lowest BCUT2D eigenvalue weighted by Gasteiger charge is -1.96. The third kappa shape index (κ3) is 9.68. The average molecular weight is 788 g/mol. The third-order valence-corrected chi connectivity index (χ3v) is 9.23. The van der Waals surface area contributed by atoms with Crippen molar-refractivity contribution >= 4 is 83.6 Å². The number of aryl methyl sites for hydroxylation is 2. The molecule has 10 nitrogen and oxygen atoms in total. The normalized spacial score (nSPS) is 10.4. The van der Waals surface area contributed by atoms with E-state index >= 15 is 0 Å². The van der Waals surface area contributed by atoms with Crippen LogP contribution in [0.1, 0.15) is 10.6 Å². The average Bonchev–Trinajstić information content (AvgIpc) is 3.80. The summed E-state index contributed by atoms with van der Waals surface area (Å²) in [7, 11) is 1.63. The summed E-state index contributed by atoms with van der Waals surface area (Å²) in [5.74, 6) is 0.419. The topological polar surface area (TPSA) is 158 Å². The van der Waals surface area contributed by atoms with Gasteiger partial charge in [0, 0.05) is 40.2 Å². The number of nitrogens with zero attached hydrogens (tertiary/aromatic N) is 2. The van der Waals surface area contributed by atoms with Gasteiger partial charge in [-0.1, -0.05) is 34.5 Å². The van der Waals surface area contributed by atoms with Crippen molar-refractivity contribution in [3.8, 4) is 27.6 Å². The first-order chi connectivity index (χ1) is 20.6. The predicted molar refractivity (Wildman–Crippen MR) is 182 cm³/mol. The van der Waals surface area contributed by atoms with Crippen LogP contribution in [0, 0.1) is 0 Å². The summed E-state index contributed by atoms with van der Waals surface area (Å²) in [6, 6.07) is 14.8. The zero-order chi connectivity index (χ0) is 30.9. The number of hydrogen-bond acceptors (Lipinski definition) is 8. The summed E-state index contributed by atoms with van der Waals surface area (Å²) in [4.78, 5) is 28.9. The number of hydrogen-bond donors (Lipinski definition) is 5. The molecule has 16 heteroatoms. The van der Waals surface area contributed by atoms with Gasteiger partial charge in [0.15, 0.2) is 5.06 Å². The molecule has 6 rings (SSSR count). The Labute approximate surface area is 279 Å². The number of nitrogen functional groups attached to an aromatic ring is 1. The van der Waals surface area contributed by atoms with Crippen LogP contribution in [0.2, 0.25) is 8.67 Å². The Bertz CT molecular complexity index is 1910. The number of pyridine rings is 2. The Morgan fingerprint density at radius 1 is 0.837 bits per heavy atom. The molecule has 0 aliphatic carbocycles. The van der Waals surface area contributed by atoms with Crippen LogP contribution in [-0.2, 0) is 12.8 Å². The van der Waals surface area contributed by atoms with Gasteiger partial charge in [-0.25, -0.2) is 0 Å². The Morgan fingerprint density at radius 3 is 2.02 bits per heavy atom. The van der Waals surface area contributed by atoms with E-state index < -0.39 is 0 Å². The van der Waals surface area contributed by atoms with E-state index in [-0.39, 0.29) is 11.1 Å². The fraction of sp³-hybridized carbons (Fsp3) is 0.111. The fourth-order valence-corrected chi connectivity index (χ4v) is 6.14. The van der Waals surface area contributed by atoms with Crippen LogP contribution >= 0.6 is 77.7 Å². The van der Waals surface area contributed by atoms with Crippen LogP contribution in [-0.4, -0.2) is 37.5 Å². The Morgan fingerprint density at radius 2 is 1.49 bits per heavy atom. The molecule has 6 aromatic rings. The van der Waals surface area contributed by atoms with Crippen LogP contribution in [0.3, 0.4) is 0 Å². The third-order valence-electron chi connectivity index (χ3n) is 5.57. The lowest BCUT2D eigenvalue weighted by molar-refractivity contribution is 0.427. The molecule has 224 valence electrons. The van der Waals surface area contributed by atoms with E-state index in [9.17, 15) is 9.59 Å². The summed E-state index contributed by atoms with van der Waals surface area (Å²) < 4.78 is 7.42. The molecule has 0 atom stereocenters. The van der Waals surface area contributed by atoms with Crippen LogP contribution in [0.25, 0.3) is 22.5 Å². The molecule has 0 saturated heterocycles. The number of aromatic amines is 4. The molecule has 0 fully saturated rings. The first-order valence-electron chi connectivity index (χ1n) is 12.3. The number of ether oxygens (including phenoxy) is 1. The molecule has 0 aliphatic rings. The van der Waals surface area contributed by atoms with Gasteiger partial charge in [-0.15, -0.1) is 11.3 Å². The maximum atomic E-state index is 11.3. The van der Waals surface area contributed by atoms with Gasteiger partial charge in [0.2, 0.25) is 0 Å². The van der Waals surface area contributed by atoms with Gasteiger partial charge in [-0.3, -0.25) is 19.8 Å². The largest absolute Gasteiger partial charge is 0.487 e. The van der Waals surface area contributed by atoms with Crippen LogP contribution in [0.4, 0.5) is 5.82 Å². The molecular formula is C27H23Br2Cl2N7O3S2. The zero-order valence-corrected chi connectivity index (χ0v) is 28.5. The van der Waals surface area contributed by atoms with Crippen molar-refractivity contribution in [1.82, 2.24) is 30.4 Å². The molecule has 0 aliphatic heterocycles. The number of thiophene rings is 2. The van der Waals surface area contributed by atoms with E-state index in [0.717, 1.165) is 54.8 Å². The second kappa shape index (κ2) is 15.5. The molecule has 0 radical (unpaired) electrons. The van der Waals surface area contributed by atoms with E-state index in [1.807, 2.05) is 30.3 Å². The summed E-state index contributed by atoms with van der Waals surface area (Å²) >= 11 is 20.9. The Kier molecular flexibility index (Phi) is 11.8. The van der Waals surface area contributed by atoms with Gasteiger partial charge >= 0.3 is 0 Å².